The Hall–Kier alpha value is -3.14. The van der Waals surface area contributed by atoms with E-state index in [2.05, 4.69) is 4.72 Å². The summed E-state index contributed by atoms with van der Waals surface area (Å²) in [4.78, 5) is 24.7. The van der Waals surface area contributed by atoms with E-state index in [1.165, 1.54) is 13.2 Å². The Labute approximate surface area is 168 Å². The molecule has 0 saturated carbocycles. The molecule has 2 aromatic carbocycles. The monoisotopic (exact) mass is 419 g/mol. The number of hydrogen-bond acceptors (Lipinski definition) is 6. The second kappa shape index (κ2) is 8.08. The van der Waals surface area contributed by atoms with Gasteiger partial charge < -0.3 is 9.64 Å². The van der Waals surface area contributed by atoms with E-state index in [0.29, 0.717) is 24.2 Å². The van der Waals surface area contributed by atoms with E-state index in [-0.39, 0.29) is 27.9 Å². The molecule has 10 heteroatoms. The fourth-order valence-corrected chi connectivity index (χ4v) is 4.53. The highest BCUT2D eigenvalue weighted by molar-refractivity contribution is 7.92. The molecule has 0 unspecified atom stereocenters. The first-order valence-corrected chi connectivity index (χ1v) is 10.5. The molecule has 1 heterocycles. The largest absolute Gasteiger partial charge is 0.495 e. The maximum absolute atomic E-state index is 13.0. The number of likely N-dealkylation sites (tertiary alicyclic amines) is 1. The van der Waals surface area contributed by atoms with Crippen LogP contribution in [0, 0.1) is 17.0 Å². The van der Waals surface area contributed by atoms with E-state index in [1.54, 1.807) is 24.0 Å². The van der Waals surface area contributed by atoms with Gasteiger partial charge in [0.1, 0.15) is 10.6 Å². The lowest BCUT2D eigenvalue weighted by molar-refractivity contribution is -0.385. The quantitative estimate of drug-likeness (QED) is 0.568. The van der Waals surface area contributed by atoms with Crippen LogP contribution in [0.2, 0.25) is 0 Å². The van der Waals surface area contributed by atoms with Crippen LogP contribution < -0.4 is 9.46 Å². The van der Waals surface area contributed by atoms with Crippen molar-refractivity contribution in [2.24, 2.45) is 0 Å². The molecule has 2 aromatic rings. The van der Waals surface area contributed by atoms with Gasteiger partial charge in [-0.25, -0.2) is 8.42 Å². The summed E-state index contributed by atoms with van der Waals surface area (Å²) in [6, 6.07) is 8.15. The zero-order valence-corrected chi connectivity index (χ0v) is 16.9. The summed E-state index contributed by atoms with van der Waals surface area (Å²) in [5.41, 5.74) is 0.806. The van der Waals surface area contributed by atoms with Gasteiger partial charge in [0, 0.05) is 19.2 Å². The van der Waals surface area contributed by atoms with Crippen molar-refractivity contribution in [2.75, 3.05) is 24.9 Å². The van der Waals surface area contributed by atoms with E-state index in [0.717, 1.165) is 31.0 Å². The number of sulfonamides is 1. The molecule has 9 nitrogen and oxygen atoms in total. The molecule has 1 aliphatic rings. The average molecular weight is 419 g/mol. The van der Waals surface area contributed by atoms with Gasteiger partial charge in [-0.05, 0) is 37.5 Å². The molecule has 0 spiro atoms. The molecule has 0 aromatic heterocycles. The number of nitro groups is 1. The second-order valence-electron chi connectivity index (χ2n) is 6.69. The summed E-state index contributed by atoms with van der Waals surface area (Å²) in [6.07, 6.45) is 1.83. The van der Waals surface area contributed by atoms with Gasteiger partial charge in [0.25, 0.3) is 21.6 Å². The van der Waals surface area contributed by atoms with Gasteiger partial charge in [-0.3, -0.25) is 19.6 Å². The number of benzene rings is 2. The summed E-state index contributed by atoms with van der Waals surface area (Å²) in [5.74, 6) is -0.388. The number of carbonyl (C=O) groups excluding carboxylic acids is 1. The normalized spacial score (nSPS) is 13.9. The van der Waals surface area contributed by atoms with E-state index in [9.17, 15) is 23.3 Å². The third-order valence-corrected chi connectivity index (χ3v) is 6.18. The van der Waals surface area contributed by atoms with Gasteiger partial charge in [0.2, 0.25) is 0 Å². The number of rotatable bonds is 6. The first kappa shape index (κ1) is 20.6. The zero-order chi connectivity index (χ0) is 21.2. The number of nitrogens with zero attached hydrogens (tertiary/aromatic N) is 2. The highest BCUT2D eigenvalue weighted by Gasteiger charge is 2.27. The Morgan fingerprint density at radius 2 is 1.90 bits per heavy atom. The van der Waals surface area contributed by atoms with E-state index in [4.69, 9.17) is 4.74 Å². The highest BCUT2D eigenvalue weighted by atomic mass is 32.2. The van der Waals surface area contributed by atoms with Crippen LogP contribution in [0.25, 0.3) is 0 Å². The molecule has 0 bridgehead atoms. The van der Waals surface area contributed by atoms with Gasteiger partial charge >= 0.3 is 0 Å². The van der Waals surface area contributed by atoms with Crippen LogP contribution in [0.15, 0.2) is 41.3 Å². The molecule has 0 atom stereocenters. The molecule has 0 aliphatic carbocycles. The number of nitro benzene ring substituents is 1. The van der Waals surface area contributed by atoms with Crippen molar-refractivity contribution >= 4 is 27.3 Å². The summed E-state index contributed by atoms with van der Waals surface area (Å²) in [7, 11) is -2.93. The summed E-state index contributed by atoms with van der Waals surface area (Å²) >= 11 is 0. The smallest absolute Gasteiger partial charge is 0.273 e. The second-order valence-corrected chi connectivity index (χ2v) is 8.35. The maximum Gasteiger partial charge on any atom is 0.273 e. The molecular formula is C19H21N3O6S. The number of aryl methyl sites for hydroxylation is 1. The van der Waals surface area contributed by atoms with Crippen molar-refractivity contribution in [3.63, 3.8) is 0 Å². The SMILES string of the molecule is COc1cc([N+](=O)[O-])ccc1S(=O)(=O)Nc1cccc(C)c1C(=O)N1CCCC1. The van der Waals surface area contributed by atoms with E-state index >= 15 is 0 Å². The van der Waals surface area contributed by atoms with Gasteiger partial charge in [0.15, 0.2) is 0 Å². The minimum Gasteiger partial charge on any atom is -0.495 e. The number of anilines is 1. The van der Waals surface area contributed by atoms with Crippen LogP contribution >= 0.6 is 0 Å². The Morgan fingerprint density at radius 3 is 2.52 bits per heavy atom. The highest BCUT2D eigenvalue weighted by Crippen LogP contribution is 2.31. The lowest BCUT2D eigenvalue weighted by Gasteiger charge is -2.20. The lowest BCUT2D eigenvalue weighted by atomic mass is 10.1. The predicted molar refractivity (Wildman–Crippen MR) is 107 cm³/mol. The van der Waals surface area contributed by atoms with Gasteiger partial charge in [-0.2, -0.15) is 0 Å². The first-order valence-electron chi connectivity index (χ1n) is 8.98. The van der Waals surface area contributed by atoms with Crippen molar-refractivity contribution in [1.82, 2.24) is 4.90 Å². The number of non-ortho nitro benzene ring substituents is 1. The molecule has 1 fully saturated rings. The Morgan fingerprint density at radius 1 is 1.21 bits per heavy atom. The van der Waals surface area contributed by atoms with Crippen LogP contribution in [0.1, 0.15) is 28.8 Å². The average Bonchev–Trinajstić information content (AvgIpc) is 3.21. The summed E-state index contributed by atoms with van der Waals surface area (Å²) in [5, 5.41) is 10.9. The van der Waals surface area contributed by atoms with Crippen LogP contribution in [-0.4, -0.2) is 44.3 Å². The number of carbonyl (C=O) groups is 1. The topological polar surface area (TPSA) is 119 Å². The molecule has 1 aliphatic heterocycles. The van der Waals surface area contributed by atoms with Crippen LogP contribution in [-0.2, 0) is 10.0 Å². The number of ether oxygens (including phenoxy) is 1. The van der Waals surface area contributed by atoms with E-state index in [1.807, 2.05) is 0 Å². The number of amides is 1. The summed E-state index contributed by atoms with van der Waals surface area (Å²) in [6.45, 7) is 3.01. The minimum absolute atomic E-state index is 0.155. The molecule has 154 valence electrons. The minimum atomic E-state index is -4.16. The number of methoxy groups -OCH3 is 1. The van der Waals surface area contributed by atoms with Crippen molar-refractivity contribution in [3.8, 4) is 5.75 Å². The maximum atomic E-state index is 13.0. The van der Waals surface area contributed by atoms with Crippen LogP contribution in [0.5, 0.6) is 5.75 Å². The predicted octanol–water partition coefficient (Wildman–Crippen LogP) is 2.95. The molecule has 1 saturated heterocycles. The Kier molecular flexibility index (Phi) is 5.73. The standard InChI is InChI=1S/C19H21N3O6S/c1-13-6-5-7-15(18(13)19(23)21-10-3-4-11-21)20-29(26,27)17-9-8-14(22(24)25)12-16(17)28-2/h5-9,12,20H,3-4,10-11H2,1-2H3. The first-order chi connectivity index (χ1) is 13.7. The van der Waals surface area contributed by atoms with Crippen LogP contribution in [0.3, 0.4) is 0 Å². The Balaban J connectivity index is 2.00. The lowest BCUT2D eigenvalue weighted by Crippen LogP contribution is -2.29. The van der Waals surface area contributed by atoms with Crippen molar-refractivity contribution in [3.05, 3.63) is 57.6 Å². The third-order valence-electron chi connectivity index (χ3n) is 4.77. The fraction of sp³-hybridized carbons (Fsp3) is 0.316. The number of hydrogen-bond donors (Lipinski definition) is 1. The molecule has 0 radical (unpaired) electrons. The van der Waals surface area contributed by atoms with E-state index < -0.39 is 14.9 Å². The number of nitrogens with one attached hydrogen (secondary N) is 1. The molecular weight excluding hydrogens is 398 g/mol. The summed E-state index contributed by atoms with van der Waals surface area (Å²) < 4.78 is 33.5. The molecule has 29 heavy (non-hydrogen) atoms. The zero-order valence-electron chi connectivity index (χ0n) is 16.0. The van der Waals surface area contributed by atoms with Gasteiger partial charge in [-0.15, -0.1) is 0 Å². The van der Waals surface area contributed by atoms with Crippen LogP contribution in [0.4, 0.5) is 11.4 Å². The van der Waals surface area contributed by atoms with Gasteiger partial charge in [-0.1, -0.05) is 12.1 Å². The fourth-order valence-electron chi connectivity index (χ4n) is 3.31. The van der Waals surface area contributed by atoms with Crippen molar-refractivity contribution < 1.29 is 22.9 Å². The van der Waals surface area contributed by atoms with Crippen molar-refractivity contribution in [2.45, 2.75) is 24.7 Å². The molecule has 1 amide bonds. The third kappa shape index (κ3) is 4.16. The Bertz CT molecular complexity index is 1060. The van der Waals surface area contributed by atoms with Gasteiger partial charge in [0.05, 0.1) is 29.4 Å². The molecule has 1 N–H and O–H groups in total. The molecule has 3 rings (SSSR count). The van der Waals surface area contributed by atoms with Crippen molar-refractivity contribution in [1.29, 1.82) is 0 Å².